The van der Waals surface area contributed by atoms with Gasteiger partial charge in [0.2, 0.25) is 0 Å². The lowest BCUT2D eigenvalue weighted by atomic mass is 10.0. The Labute approximate surface area is 116 Å². The predicted molar refractivity (Wildman–Crippen MR) is 71.9 cm³/mol. The van der Waals surface area contributed by atoms with Crippen LogP contribution in [0.1, 0.15) is 28.0 Å². The average molecular weight is 287 g/mol. The highest BCUT2D eigenvalue weighted by molar-refractivity contribution is 6.31. The molecule has 18 heavy (non-hydrogen) atoms. The zero-order chi connectivity index (χ0) is 13.3. The van der Waals surface area contributed by atoms with E-state index in [0.717, 1.165) is 17.1 Å². The zero-order valence-corrected chi connectivity index (χ0v) is 11.6. The second-order valence-electron chi connectivity index (χ2n) is 4.24. The van der Waals surface area contributed by atoms with Gasteiger partial charge >= 0.3 is 0 Å². The van der Waals surface area contributed by atoms with Gasteiger partial charge in [0.15, 0.2) is 0 Å². The minimum atomic E-state index is -0.350. The Bertz CT molecular complexity index is 543. The minimum Gasteiger partial charge on any atom is -0.466 e. The number of hydrogen-bond donors (Lipinski definition) is 0. The Balaban J connectivity index is 2.26. The van der Waals surface area contributed by atoms with Crippen LogP contribution in [0.5, 0.6) is 0 Å². The fourth-order valence-electron chi connectivity index (χ4n) is 1.98. The molecule has 0 radical (unpaired) electrons. The Kier molecular flexibility index (Phi) is 3.98. The number of furan rings is 1. The summed E-state index contributed by atoms with van der Waals surface area (Å²) in [6.45, 7) is 3.71. The first-order chi connectivity index (χ1) is 8.49. The van der Waals surface area contributed by atoms with Gasteiger partial charge in [0, 0.05) is 16.1 Å². The van der Waals surface area contributed by atoms with Crippen molar-refractivity contribution in [1.29, 1.82) is 0 Å². The van der Waals surface area contributed by atoms with Crippen LogP contribution in [0.4, 0.5) is 4.39 Å². The molecule has 0 spiro atoms. The van der Waals surface area contributed by atoms with Crippen molar-refractivity contribution >= 4 is 23.2 Å². The van der Waals surface area contributed by atoms with Crippen molar-refractivity contribution in [3.8, 4) is 0 Å². The summed E-state index contributed by atoms with van der Waals surface area (Å²) < 4.78 is 19.1. The van der Waals surface area contributed by atoms with Gasteiger partial charge in [-0.1, -0.05) is 17.7 Å². The summed E-state index contributed by atoms with van der Waals surface area (Å²) in [6.07, 6.45) is 0.340. The van der Waals surface area contributed by atoms with Crippen LogP contribution in [0.2, 0.25) is 5.02 Å². The van der Waals surface area contributed by atoms with Crippen LogP contribution in [0.25, 0.3) is 0 Å². The summed E-state index contributed by atoms with van der Waals surface area (Å²) in [6, 6.07) is 6.51. The average Bonchev–Trinajstić information content (AvgIpc) is 2.63. The van der Waals surface area contributed by atoms with E-state index in [-0.39, 0.29) is 11.2 Å². The molecule has 0 bridgehead atoms. The summed E-state index contributed by atoms with van der Waals surface area (Å²) in [5.74, 6) is 1.23. The molecular weight excluding hydrogens is 274 g/mol. The Hall–Kier alpha value is -0.990. The molecule has 1 heterocycles. The van der Waals surface area contributed by atoms with E-state index in [0.29, 0.717) is 17.0 Å². The van der Waals surface area contributed by atoms with Gasteiger partial charge < -0.3 is 4.42 Å². The fraction of sp³-hybridized carbons (Fsp3) is 0.286. The lowest BCUT2D eigenvalue weighted by molar-refractivity contribution is 0.500. The van der Waals surface area contributed by atoms with Crippen molar-refractivity contribution in [3.05, 3.63) is 57.8 Å². The molecular formula is C14H13Cl2FO. The summed E-state index contributed by atoms with van der Waals surface area (Å²) >= 11 is 12.3. The van der Waals surface area contributed by atoms with Crippen LogP contribution in [0, 0.1) is 19.7 Å². The SMILES string of the molecule is Cc1cc(C(Cl)Cc2c(F)cccc2Cl)c(C)o1. The highest BCUT2D eigenvalue weighted by Crippen LogP contribution is 2.32. The number of halogens is 3. The smallest absolute Gasteiger partial charge is 0.127 e. The third-order valence-corrected chi connectivity index (χ3v) is 3.61. The van der Waals surface area contributed by atoms with Crippen LogP contribution in [-0.2, 0) is 6.42 Å². The standard InChI is InChI=1S/C14H13Cl2FO/c1-8-6-10(9(2)18-8)13(16)7-11-12(15)4-3-5-14(11)17/h3-6,13H,7H2,1-2H3. The van der Waals surface area contributed by atoms with Crippen LogP contribution in [-0.4, -0.2) is 0 Å². The summed E-state index contributed by atoms with van der Waals surface area (Å²) in [5.41, 5.74) is 1.32. The molecule has 96 valence electrons. The molecule has 1 atom stereocenters. The lowest BCUT2D eigenvalue weighted by Crippen LogP contribution is -1.99. The van der Waals surface area contributed by atoms with Gasteiger partial charge in [-0.05, 0) is 38.5 Å². The number of hydrogen-bond acceptors (Lipinski definition) is 1. The molecule has 2 aromatic rings. The van der Waals surface area contributed by atoms with Gasteiger partial charge in [-0.25, -0.2) is 4.39 Å². The molecule has 1 unspecified atom stereocenters. The molecule has 0 saturated carbocycles. The van der Waals surface area contributed by atoms with E-state index in [1.807, 2.05) is 19.9 Å². The first-order valence-electron chi connectivity index (χ1n) is 5.63. The Morgan fingerprint density at radius 3 is 2.61 bits per heavy atom. The van der Waals surface area contributed by atoms with Gasteiger partial charge in [-0.15, -0.1) is 11.6 Å². The van der Waals surface area contributed by atoms with Crippen molar-refractivity contribution in [3.63, 3.8) is 0 Å². The van der Waals surface area contributed by atoms with E-state index >= 15 is 0 Å². The monoisotopic (exact) mass is 286 g/mol. The van der Waals surface area contributed by atoms with Gasteiger partial charge in [0.1, 0.15) is 17.3 Å². The largest absolute Gasteiger partial charge is 0.466 e. The number of alkyl halides is 1. The summed E-state index contributed by atoms with van der Waals surface area (Å²) in [4.78, 5) is 0. The maximum absolute atomic E-state index is 13.7. The summed E-state index contributed by atoms with van der Waals surface area (Å²) in [5, 5.41) is 0.0513. The Morgan fingerprint density at radius 2 is 2.06 bits per heavy atom. The normalized spacial score (nSPS) is 12.7. The fourth-order valence-corrected chi connectivity index (χ4v) is 2.59. The van der Waals surface area contributed by atoms with Crippen LogP contribution in [0.15, 0.2) is 28.7 Å². The van der Waals surface area contributed by atoms with Gasteiger partial charge in [-0.3, -0.25) is 0 Å². The van der Waals surface area contributed by atoms with Crippen molar-refractivity contribution in [2.45, 2.75) is 25.6 Å². The molecule has 1 nitrogen and oxygen atoms in total. The second-order valence-corrected chi connectivity index (χ2v) is 5.17. The van der Waals surface area contributed by atoms with Crippen molar-refractivity contribution in [1.82, 2.24) is 0 Å². The zero-order valence-electron chi connectivity index (χ0n) is 10.1. The molecule has 0 amide bonds. The molecule has 1 aromatic heterocycles. The highest BCUT2D eigenvalue weighted by Gasteiger charge is 2.18. The van der Waals surface area contributed by atoms with Crippen molar-refractivity contribution in [2.75, 3.05) is 0 Å². The van der Waals surface area contributed by atoms with Crippen LogP contribution in [0.3, 0.4) is 0 Å². The maximum atomic E-state index is 13.7. The van der Waals surface area contributed by atoms with Gasteiger partial charge in [0.25, 0.3) is 0 Å². The topological polar surface area (TPSA) is 13.1 Å². The van der Waals surface area contributed by atoms with E-state index < -0.39 is 0 Å². The third kappa shape index (κ3) is 2.70. The molecule has 0 aliphatic carbocycles. The number of aryl methyl sites for hydroxylation is 2. The first kappa shape index (κ1) is 13.4. The van der Waals surface area contributed by atoms with E-state index in [4.69, 9.17) is 27.6 Å². The molecule has 0 fully saturated rings. The first-order valence-corrected chi connectivity index (χ1v) is 6.44. The molecule has 1 aromatic carbocycles. The Morgan fingerprint density at radius 1 is 1.33 bits per heavy atom. The van der Waals surface area contributed by atoms with E-state index in [2.05, 4.69) is 0 Å². The van der Waals surface area contributed by atoms with Crippen molar-refractivity contribution in [2.24, 2.45) is 0 Å². The molecule has 0 N–H and O–H groups in total. The van der Waals surface area contributed by atoms with E-state index in [1.165, 1.54) is 6.07 Å². The quantitative estimate of drug-likeness (QED) is 0.706. The molecule has 2 rings (SSSR count). The maximum Gasteiger partial charge on any atom is 0.127 e. The number of rotatable bonds is 3. The molecule has 0 saturated heterocycles. The van der Waals surface area contributed by atoms with Gasteiger partial charge in [-0.2, -0.15) is 0 Å². The molecule has 4 heteroatoms. The predicted octanol–water partition coefficient (Wildman–Crippen LogP) is 5.21. The van der Waals surface area contributed by atoms with Crippen LogP contribution >= 0.6 is 23.2 Å². The van der Waals surface area contributed by atoms with Crippen molar-refractivity contribution < 1.29 is 8.81 Å². The lowest BCUT2D eigenvalue weighted by Gasteiger charge is -2.10. The third-order valence-electron chi connectivity index (χ3n) is 2.86. The van der Waals surface area contributed by atoms with E-state index in [9.17, 15) is 4.39 Å². The highest BCUT2D eigenvalue weighted by atomic mass is 35.5. The van der Waals surface area contributed by atoms with Crippen LogP contribution < -0.4 is 0 Å². The number of benzene rings is 1. The van der Waals surface area contributed by atoms with Gasteiger partial charge in [0.05, 0.1) is 5.38 Å². The second kappa shape index (κ2) is 5.33. The molecule has 0 aliphatic heterocycles. The summed E-state index contributed by atoms with van der Waals surface area (Å²) in [7, 11) is 0. The minimum absolute atomic E-state index is 0.328. The molecule has 0 aliphatic rings. The van der Waals surface area contributed by atoms with E-state index in [1.54, 1.807) is 12.1 Å².